The summed E-state index contributed by atoms with van der Waals surface area (Å²) in [5.41, 5.74) is 11.0. The van der Waals surface area contributed by atoms with E-state index in [-0.39, 0.29) is 0 Å². The van der Waals surface area contributed by atoms with E-state index in [4.69, 9.17) is 5.73 Å². The van der Waals surface area contributed by atoms with Crippen LogP contribution in [0.25, 0.3) is 16.6 Å². The molecule has 1 fully saturated rings. The third-order valence-electron chi connectivity index (χ3n) is 6.90. The molecule has 1 atom stereocenters. The van der Waals surface area contributed by atoms with Crippen molar-refractivity contribution in [3.05, 3.63) is 84.8 Å². The molecular formula is C26H28N10. The number of nitrogens with zero attached hydrogens (tertiary/aromatic N) is 9. The van der Waals surface area contributed by atoms with E-state index in [0.717, 1.165) is 65.7 Å². The minimum absolute atomic E-state index is 0.650. The monoisotopic (exact) mass is 480 g/mol. The van der Waals surface area contributed by atoms with Crippen LogP contribution in [0.15, 0.2) is 73.7 Å². The van der Waals surface area contributed by atoms with Gasteiger partial charge in [0.2, 0.25) is 5.95 Å². The summed E-state index contributed by atoms with van der Waals surface area (Å²) < 4.78 is 3.68. The number of benzene rings is 1. The highest BCUT2D eigenvalue weighted by Gasteiger charge is 2.26. The number of aryl methyl sites for hydroxylation is 1. The van der Waals surface area contributed by atoms with Crippen molar-refractivity contribution in [3.63, 3.8) is 0 Å². The number of piperazine rings is 1. The minimum atomic E-state index is -0.650. The van der Waals surface area contributed by atoms with Crippen LogP contribution in [0, 0.1) is 0 Å². The lowest BCUT2D eigenvalue weighted by Crippen LogP contribution is -2.47. The zero-order valence-corrected chi connectivity index (χ0v) is 20.4. The molecule has 1 aliphatic heterocycles. The molecule has 0 saturated carbocycles. The molecule has 1 aromatic carbocycles. The van der Waals surface area contributed by atoms with Gasteiger partial charge in [0.05, 0.1) is 11.7 Å². The first-order valence-electron chi connectivity index (χ1n) is 12.0. The van der Waals surface area contributed by atoms with Gasteiger partial charge in [-0.15, -0.1) is 0 Å². The molecule has 2 N–H and O–H groups in total. The van der Waals surface area contributed by atoms with E-state index in [1.165, 1.54) is 0 Å². The van der Waals surface area contributed by atoms with Crippen LogP contribution in [-0.4, -0.2) is 60.5 Å². The molecule has 36 heavy (non-hydrogen) atoms. The van der Waals surface area contributed by atoms with Gasteiger partial charge in [0.1, 0.15) is 11.8 Å². The normalized spacial score (nSPS) is 15.9. The highest BCUT2D eigenvalue weighted by atomic mass is 15.4. The van der Waals surface area contributed by atoms with E-state index >= 15 is 0 Å². The molecule has 1 aliphatic rings. The van der Waals surface area contributed by atoms with Crippen LogP contribution in [0.2, 0.25) is 0 Å². The van der Waals surface area contributed by atoms with Crippen LogP contribution in [0.4, 0.5) is 11.8 Å². The summed E-state index contributed by atoms with van der Waals surface area (Å²) in [6.45, 7) is 5.20. The lowest BCUT2D eigenvalue weighted by molar-refractivity contribution is 0.592. The Labute approximate surface area is 209 Å². The average Bonchev–Trinajstić information content (AvgIpc) is 3.55. The van der Waals surface area contributed by atoms with Crippen molar-refractivity contribution in [1.82, 2.24) is 34.3 Å². The maximum absolute atomic E-state index is 6.64. The maximum atomic E-state index is 6.64. The second-order valence-corrected chi connectivity index (χ2v) is 9.36. The minimum Gasteiger partial charge on any atom is -0.351 e. The summed E-state index contributed by atoms with van der Waals surface area (Å²) in [6.07, 6.45) is 11.2. The maximum Gasteiger partial charge on any atom is 0.225 e. The lowest BCUT2D eigenvalue weighted by atomic mass is 9.87. The van der Waals surface area contributed by atoms with Gasteiger partial charge in [0, 0.05) is 74.7 Å². The van der Waals surface area contributed by atoms with Crippen LogP contribution in [0.1, 0.15) is 18.1 Å². The Hall–Kier alpha value is -4.31. The Morgan fingerprint density at radius 2 is 1.53 bits per heavy atom. The van der Waals surface area contributed by atoms with Gasteiger partial charge in [-0.3, -0.25) is 4.68 Å². The summed E-state index contributed by atoms with van der Waals surface area (Å²) >= 11 is 0. The van der Waals surface area contributed by atoms with Crippen molar-refractivity contribution in [1.29, 1.82) is 0 Å². The largest absolute Gasteiger partial charge is 0.351 e. The molecule has 4 aromatic heterocycles. The fourth-order valence-corrected chi connectivity index (χ4v) is 4.71. The molecule has 0 bridgehead atoms. The standard InChI is InChI=1S/C26H28N10/c1-26(27,21-6-4-3-5-7-21)22-14-28-25(29-15-22)35-10-8-34(9-11-35)24-23-12-19(17-36(23)32-18-30-24)20-13-31-33(2)16-20/h3-7,12-18H,8-11,27H2,1-2H3. The van der Waals surface area contributed by atoms with Gasteiger partial charge in [-0.05, 0) is 18.6 Å². The molecular weight excluding hydrogens is 452 g/mol. The second kappa shape index (κ2) is 8.72. The van der Waals surface area contributed by atoms with Crippen molar-refractivity contribution >= 4 is 17.3 Å². The lowest BCUT2D eigenvalue weighted by Gasteiger charge is -2.35. The van der Waals surface area contributed by atoms with Crippen LogP contribution < -0.4 is 15.5 Å². The summed E-state index contributed by atoms with van der Waals surface area (Å²) in [5, 5.41) is 8.70. The predicted molar refractivity (Wildman–Crippen MR) is 139 cm³/mol. The predicted octanol–water partition coefficient (Wildman–Crippen LogP) is 2.47. The van der Waals surface area contributed by atoms with Crippen LogP contribution in [0.3, 0.4) is 0 Å². The quantitative estimate of drug-likeness (QED) is 0.409. The van der Waals surface area contributed by atoms with E-state index in [1.807, 2.05) is 79.8 Å². The third-order valence-corrected chi connectivity index (χ3v) is 6.90. The topological polar surface area (TPSA) is 106 Å². The molecule has 0 radical (unpaired) electrons. The third kappa shape index (κ3) is 3.95. The highest BCUT2D eigenvalue weighted by Crippen LogP contribution is 2.28. The number of hydrogen-bond donors (Lipinski definition) is 1. The molecule has 1 unspecified atom stereocenters. The number of hydrogen-bond acceptors (Lipinski definition) is 8. The molecule has 182 valence electrons. The first kappa shape index (κ1) is 22.2. The number of fused-ring (bicyclic) bond motifs is 1. The van der Waals surface area contributed by atoms with E-state index in [0.29, 0.717) is 0 Å². The first-order valence-corrected chi connectivity index (χ1v) is 12.0. The fraction of sp³-hybridized carbons (Fsp3) is 0.269. The van der Waals surface area contributed by atoms with E-state index in [1.54, 1.807) is 11.0 Å². The van der Waals surface area contributed by atoms with Gasteiger partial charge < -0.3 is 15.5 Å². The molecule has 0 amide bonds. The first-order chi connectivity index (χ1) is 17.5. The van der Waals surface area contributed by atoms with Gasteiger partial charge in [-0.1, -0.05) is 30.3 Å². The smallest absolute Gasteiger partial charge is 0.225 e. The van der Waals surface area contributed by atoms with Gasteiger partial charge in [0.25, 0.3) is 0 Å². The number of aromatic nitrogens is 7. The van der Waals surface area contributed by atoms with Gasteiger partial charge >= 0.3 is 0 Å². The molecule has 10 heteroatoms. The Balaban J connectivity index is 1.17. The molecule has 5 heterocycles. The number of nitrogens with two attached hydrogens (primary N) is 1. The SMILES string of the molecule is Cn1cc(-c2cc3c(N4CCN(c5ncc(C(C)(N)c6ccccc6)cn5)CC4)ncnn3c2)cn1. The van der Waals surface area contributed by atoms with Crippen molar-refractivity contribution in [3.8, 4) is 11.1 Å². The Kier molecular flexibility index (Phi) is 5.37. The van der Waals surface area contributed by atoms with E-state index in [9.17, 15) is 0 Å². The summed E-state index contributed by atoms with van der Waals surface area (Å²) in [5.74, 6) is 1.65. The van der Waals surface area contributed by atoms with E-state index in [2.05, 4.69) is 41.0 Å². The van der Waals surface area contributed by atoms with Crippen molar-refractivity contribution < 1.29 is 0 Å². The van der Waals surface area contributed by atoms with Crippen molar-refractivity contribution in [2.75, 3.05) is 36.0 Å². The van der Waals surface area contributed by atoms with Crippen molar-refractivity contribution in [2.24, 2.45) is 12.8 Å². The van der Waals surface area contributed by atoms with Crippen molar-refractivity contribution in [2.45, 2.75) is 12.5 Å². The number of anilines is 2. The molecule has 6 rings (SSSR count). The molecule has 0 spiro atoms. The van der Waals surface area contributed by atoms with Gasteiger partial charge in [0.15, 0.2) is 5.82 Å². The molecule has 0 aliphatic carbocycles. The fourth-order valence-electron chi connectivity index (χ4n) is 4.71. The molecule has 5 aromatic rings. The summed E-state index contributed by atoms with van der Waals surface area (Å²) in [6, 6.07) is 12.2. The van der Waals surface area contributed by atoms with Gasteiger partial charge in [-0.25, -0.2) is 19.5 Å². The average molecular weight is 481 g/mol. The molecule has 10 nitrogen and oxygen atoms in total. The Morgan fingerprint density at radius 3 is 2.22 bits per heavy atom. The zero-order valence-electron chi connectivity index (χ0n) is 20.4. The van der Waals surface area contributed by atoms with E-state index < -0.39 is 5.54 Å². The zero-order chi connectivity index (χ0) is 24.7. The summed E-state index contributed by atoms with van der Waals surface area (Å²) in [4.78, 5) is 18.4. The summed E-state index contributed by atoms with van der Waals surface area (Å²) in [7, 11) is 1.92. The van der Waals surface area contributed by atoms with Crippen LogP contribution >= 0.6 is 0 Å². The van der Waals surface area contributed by atoms with Crippen LogP contribution in [-0.2, 0) is 12.6 Å². The second-order valence-electron chi connectivity index (χ2n) is 9.36. The Morgan fingerprint density at radius 1 is 0.806 bits per heavy atom. The Bertz CT molecular complexity index is 1480. The van der Waals surface area contributed by atoms with Gasteiger partial charge in [-0.2, -0.15) is 10.2 Å². The number of rotatable bonds is 5. The molecule has 1 saturated heterocycles. The highest BCUT2D eigenvalue weighted by molar-refractivity contribution is 5.77. The van der Waals surface area contributed by atoms with Crippen LogP contribution in [0.5, 0.6) is 0 Å².